The maximum absolute atomic E-state index is 11.8. The van der Waals surface area contributed by atoms with Crippen molar-refractivity contribution in [2.24, 2.45) is 5.92 Å². The summed E-state index contributed by atoms with van der Waals surface area (Å²) in [5.74, 6) is 0.704. The average Bonchev–Trinajstić information content (AvgIpc) is 2.47. The Labute approximate surface area is 86.7 Å². The Bertz CT molecular complexity index is 206. The monoisotopic (exact) mass is 195 g/mol. The van der Waals surface area contributed by atoms with E-state index in [1.165, 1.54) is 38.5 Å². The third-order valence-electron chi connectivity index (χ3n) is 3.77. The SMILES string of the molecule is CC1CCN(C2CCCCCC2)C1=O. The van der Waals surface area contributed by atoms with Crippen LogP contribution in [0.25, 0.3) is 0 Å². The smallest absolute Gasteiger partial charge is 0.225 e. The van der Waals surface area contributed by atoms with Crippen molar-refractivity contribution in [3.8, 4) is 0 Å². The van der Waals surface area contributed by atoms with E-state index in [4.69, 9.17) is 0 Å². The molecule has 1 saturated carbocycles. The highest BCUT2D eigenvalue weighted by atomic mass is 16.2. The summed E-state index contributed by atoms with van der Waals surface area (Å²) in [4.78, 5) is 14.0. The summed E-state index contributed by atoms with van der Waals surface area (Å²) in [6, 6.07) is 0.579. The second kappa shape index (κ2) is 4.33. The van der Waals surface area contributed by atoms with Crippen LogP contribution in [0.1, 0.15) is 51.9 Å². The van der Waals surface area contributed by atoms with Gasteiger partial charge in [-0.3, -0.25) is 4.79 Å². The molecule has 2 heteroatoms. The van der Waals surface area contributed by atoms with Gasteiger partial charge in [-0.2, -0.15) is 0 Å². The van der Waals surface area contributed by atoms with E-state index in [9.17, 15) is 4.79 Å². The maximum Gasteiger partial charge on any atom is 0.225 e. The van der Waals surface area contributed by atoms with E-state index >= 15 is 0 Å². The van der Waals surface area contributed by atoms with E-state index in [-0.39, 0.29) is 0 Å². The topological polar surface area (TPSA) is 20.3 Å². The van der Waals surface area contributed by atoms with Crippen molar-refractivity contribution in [2.45, 2.75) is 57.9 Å². The van der Waals surface area contributed by atoms with Crippen molar-refractivity contribution in [1.29, 1.82) is 0 Å². The molecule has 0 aromatic rings. The molecule has 0 aromatic carbocycles. The van der Waals surface area contributed by atoms with Gasteiger partial charge in [-0.25, -0.2) is 0 Å². The Hall–Kier alpha value is -0.530. The first kappa shape index (κ1) is 10.0. The third-order valence-corrected chi connectivity index (χ3v) is 3.77. The number of amides is 1. The Morgan fingerprint density at radius 3 is 2.21 bits per heavy atom. The van der Waals surface area contributed by atoms with Gasteiger partial charge in [-0.1, -0.05) is 32.6 Å². The normalized spacial score (nSPS) is 30.8. The molecule has 0 bridgehead atoms. The molecule has 0 spiro atoms. The van der Waals surface area contributed by atoms with Gasteiger partial charge in [0.05, 0.1) is 0 Å². The predicted molar refractivity (Wildman–Crippen MR) is 57.0 cm³/mol. The minimum absolute atomic E-state index is 0.290. The van der Waals surface area contributed by atoms with Crippen LogP contribution < -0.4 is 0 Å². The average molecular weight is 195 g/mol. The van der Waals surface area contributed by atoms with Gasteiger partial charge in [0, 0.05) is 18.5 Å². The summed E-state index contributed by atoms with van der Waals surface area (Å²) in [7, 11) is 0. The molecule has 1 amide bonds. The van der Waals surface area contributed by atoms with Gasteiger partial charge in [0.15, 0.2) is 0 Å². The molecule has 1 heterocycles. The van der Waals surface area contributed by atoms with E-state index in [1.54, 1.807) is 0 Å². The van der Waals surface area contributed by atoms with Crippen molar-refractivity contribution >= 4 is 5.91 Å². The third kappa shape index (κ3) is 1.94. The molecule has 1 unspecified atom stereocenters. The quantitative estimate of drug-likeness (QED) is 0.589. The molecule has 0 radical (unpaired) electrons. The zero-order chi connectivity index (χ0) is 9.97. The first-order chi connectivity index (χ1) is 6.79. The van der Waals surface area contributed by atoms with Crippen LogP contribution in [-0.4, -0.2) is 23.4 Å². The Morgan fingerprint density at radius 2 is 1.71 bits per heavy atom. The van der Waals surface area contributed by atoms with E-state index in [0.717, 1.165) is 13.0 Å². The lowest BCUT2D eigenvalue weighted by atomic mass is 10.1. The van der Waals surface area contributed by atoms with Gasteiger partial charge < -0.3 is 4.90 Å². The molecule has 2 nitrogen and oxygen atoms in total. The summed E-state index contributed by atoms with van der Waals surface area (Å²) in [6.07, 6.45) is 8.96. The van der Waals surface area contributed by atoms with E-state index in [1.807, 2.05) is 0 Å². The van der Waals surface area contributed by atoms with Crippen LogP contribution in [0.2, 0.25) is 0 Å². The van der Waals surface area contributed by atoms with Crippen molar-refractivity contribution < 1.29 is 4.79 Å². The number of nitrogens with zero attached hydrogens (tertiary/aromatic N) is 1. The van der Waals surface area contributed by atoms with E-state index < -0.39 is 0 Å². The molecule has 1 aliphatic heterocycles. The van der Waals surface area contributed by atoms with Gasteiger partial charge in [-0.05, 0) is 19.3 Å². The lowest BCUT2D eigenvalue weighted by Gasteiger charge is -2.26. The van der Waals surface area contributed by atoms with Gasteiger partial charge in [0.1, 0.15) is 0 Å². The fourth-order valence-corrected chi connectivity index (χ4v) is 2.78. The van der Waals surface area contributed by atoms with Gasteiger partial charge >= 0.3 is 0 Å². The van der Waals surface area contributed by atoms with Crippen LogP contribution in [-0.2, 0) is 4.79 Å². The minimum atomic E-state index is 0.290. The van der Waals surface area contributed by atoms with Crippen molar-refractivity contribution in [3.05, 3.63) is 0 Å². The maximum atomic E-state index is 11.8. The number of hydrogen-bond acceptors (Lipinski definition) is 1. The summed E-state index contributed by atoms with van der Waals surface area (Å²) >= 11 is 0. The van der Waals surface area contributed by atoms with Gasteiger partial charge in [-0.15, -0.1) is 0 Å². The second-order valence-corrected chi connectivity index (χ2v) is 4.87. The van der Waals surface area contributed by atoms with E-state index in [2.05, 4.69) is 11.8 Å². The Balaban J connectivity index is 1.96. The van der Waals surface area contributed by atoms with E-state index in [0.29, 0.717) is 17.9 Å². The number of carbonyl (C=O) groups excluding carboxylic acids is 1. The largest absolute Gasteiger partial charge is 0.339 e. The fourth-order valence-electron chi connectivity index (χ4n) is 2.78. The van der Waals surface area contributed by atoms with Crippen LogP contribution in [0.3, 0.4) is 0 Å². The highest BCUT2D eigenvalue weighted by molar-refractivity contribution is 5.80. The molecule has 0 aromatic heterocycles. The number of carbonyl (C=O) groups is 1. The first-order valence-corrected chi connectivity index (χ1v) is 6.09. The number of rotatable bonds is 1. The van der Waals surface area contributed by atoms with Crippen molar-refractivity contribution in [1.82, 2.24) is 4.90 Å². The van der Waals surface area contributed by atoms with Crippen molar-refractivity contribution in [2.75, 3.05) is 6.54 Å². The summed E-state index contributed by atoms with van der Waals surface area (Å²) in [6.45, 7) is 3.09. The van der Waals surface area contributed by atoms with Crippen LogP contribution >= 0.6 is 0 Å². The van der Waals surface area contributed by atoms with Crippen LogP contribution in [0.4, 0.5) is 0 Å². The predicted octanol–water partition coefficient (Wildman–Crippen LogP) is 2.58. The number of hydrogen-bond donors (Lipinski definition) is 0. The Kier molecular flexibility index (Phi) is 3.09. The Morgan fingerprint density at radius 1 is 1.07 bits per heavy atom. The van der Waals surface area contributed by atoms with Crippen molar-refractivity contribution in [3.63, 3.8) is 0 Å². The molecular formula is C12H21NO. The summed E-state index contributed by atoms with van der Waals surface area (Å²) in [5, 5.41) is 0. The molecular weight excluding hydrogens is 174 g/mol. The van der Waals surface area contributed by atoms with Crippen LogP contribution in [0.15, 0.2) is 0 Å². The molecule has 2 fully saturated rings. The highest BCUT2D eigenvalue weighted by Gasteiger charge is 2.32. The van der Waals surface area contributed by atoms with Gasteiger partial charge in [0.25, 0.3) is 0 Å². The summed E-state index contributed by atoms with van der Waals surface area (Å²) < 4.78 is 0. The molecule has 80 valence electrons. The minimum Gasteiger partial charge on any atom is -0.339 e. The first-order valence-electron chi connectivity index (χ1n) is 6.09. The molecule has 1 atom stereocenters. The second-order valence-electron chi connectivity index (χ2n) is 4.87. The lowest BCUT2D eigenvalue weighted by molar-refractivity contribution is -0.132. The van der Waals surface area contributed by atoms with Crippen LogP contribution in [0, 0.1) is 5.92 Å². The standard InChI is InChI=1S/C12H21NO/c1-10-8-9-13(12(10)14)11-6-4-2-3-5-7-11/h10-11H,2-9H2,1H3. The van der Waals surface area contributed by atoms with Gasteiger partial charge in [0.2, 0.25) is 5.91 Å². The molecule has 2 aliphatic rings. The molecule has 14 heavy (non-hydrogen) atoms. The molecule has 0 N–H and O–H groups in total. The number of likely N-dealkylation sites (tertiary alicyclic amines) is 1. The highest BCUT2D eigenvalue weighted by Crippen LogP contribution is 2.27. The lowest BCUT2D eigenvalue weighted by Crippen LogP contribution is -2.36. The molecule has 2 rings (SSSR count). The zero-order valence-electron chi connectivity index (χ0n) is 9.17. The fraction of sp³-hybridized carbons (Fsp3) is 0.917. The molecule has 1 saturated heterocycles. The zero-order valence-corrected chi connectivity index (χ0v) is 9.17. The van der Waals surface area contributed by atoms with Crippen LogP contribution in [0.5, 0.6) is 0 Å². The summed E-state index contributed by atoms with van der Waals surface area (Å²) in [5.41, 5.74) is 0. The molecule has 1 aliphatic carbocycles.